The number of hydrogen-bond donors (Lipinski definition) is 2. The number of rotatable bonds is 6. The molecule has 0 spiro atoms. The Morgan fingerprint density at radius 2 is 1.73 bits per heavy atom. The lowest BCUT2D eigenvalue weighted by molar-refractivity contribution is 0.0688. The summed E-state index contributed by atoms with van der Waals surface area (Å²) < 4.78 is 14.0. The highest BCUT2D eigenvalue weighted by molar-refractivity contribution is 6.09. The van der Waals surface area contributed by atoms with Gasteiger partial charge >= 0.3 is 0 Å². The molecule has 0 bridgehead atoms. The fourth-order valence-corrected chi connectivity index (χ4v) is 3.78. The highest BCUT2D eigenvalue weighted by Gasteiger charge is 2.26. The Balaban J connectivity index is 0.00000320. The molecule has 162 valence electrons. The average molecular weight is 434 g/mol. The molecule has 1 fully saturated rings. The summed E-state index contributed by atoms with van der Waals surface area (Å²) in [4.78, 5) is 27.6. The van der Waals surface area contributed by atoms with Crippen LogP contribution in [0.3, 0.4) is 0 Å². The molecule has 2 aromatic carbocycles. The van der Waals surface area contributed by atoms with Crippen molar-refractivity contribution < 1.29 is 14.0 Å². The minimum Gasteiger partial charge on any atom is -0.339 e. The molecule has 1 heterocycles. The maximum atomic E-state index is 14.0. The maximum absolute atomic E-state index is 14.0. The Hall–Kier alpha value is -2.44. The van der Waals surface area contributed by atoms with E-state index in [9.17, 15) is 14.0 Å². The summed E-state index contributed by atoms with van der Waals surface area (Å²) in [6, 6.07) is 11.2. The third-order valence-corrected chi connectivity index (χ3v) is 5.56. The number of likely N-dealkylation sites (tertiary alicyclic amines) is 1. The predicted octanol–water partition coefficient (Wildman–Crippen LogP) is 4.27. The van der Waals surface area contributed by atoms with Crippen molar-refractivity contribution in [1.82, 2.24) is 10.2 Å². The normalized spacial score (nSPS) is 14.2. The van der Waals surface area contributed by atoms with Crippen molar-refractivity contribution in [3.8, 4) is 0 Å². The van der Waals surface area contributed by atoms with Gasteiger partial charge in [-0.05, 0) is 69.5 Å². The molecule has 0 radical (unpaired) electrons. The second kappa shape index (κ2) is 11.1. The number of anilines is 1. The van der Waals surface area contributed by atoms with Crippen LogP contribution in [0.2, 0.25) is 0 Å². The van der Waals surface area contributed by atoms with E-state index in [2.05, 4.69) is 10.6 Å². The first-order valence-corrected chi connectivity index (χ1v) is 10.1. The van der Waals surface area contributed by atoms with E-state index in [1.165, 1.54) is 18.2 Å². The number of amides is 2. The van der Waals surface area contributed by atoms with Crippen molar-refractivity contribution >= 4 is 29.9 Å². The smallest absolute Gasteiger partial charge is 0.258 e. The standard InChI is InChI=1S/C23H28FN3O2.ClH/c1-16-6-5-8-19(21(16)26-22(28)18-7-3-4-9-20(18)24)23(29)27-14-11-17(12-15-27)10-13-25-2;/h3-9,17,25H,10-15H2,1-2H3,(H,26,28);1H. The lowest BCUT2D eigenvalue weighted by Crippen LogP contribution is -2.39. The van der Waals surface area contributed by atoms with Crippen LogP contribution < -0.4 is 10.6 Å². The first-order valence-electron chi connectivity index (χ1n) is 10.1. The van der Waals surface area contributed by atoms with Crippen LogP contribution in [0.15, 0.2) is 42.5 Å². The van der Waals surface area contributed by atoms with Gasteiger partial charge in [0, 0.05) is 13.1 Å². The van der Waals surface area contributed by atoms with Gasteiger partial charge in [0.05, 0.1) is 16.8 Å². The fourth-order valence-electron chi connectivity index (χ4n) is 3.78. The predicted molar refractivity (Wildman–Crippen MR) is 120 cm³/mol. The van der Waals surface area contributed by atoms with E-state index >= 15 is 0 Å². The molecule has 5 nitrogen and oxygen atoms in total. The lowest BCUT2D eigenvalue weighted by atomic mass is 9.93. The molecule has 2 N–H and O–H groups in total. The molecule has 0 aromatic heterocycles. The summed E-state index contributed by atoms with van der Waals surface area (Å²) in [5.74, 6) is -0.610. The highest BCUT2D eigenvalue weighted by atomic mass is 35.5. The molecule has 0 atom stereocenters. The van der Waals surface area contributed by atoms with Gasteiger partial charge in [0.15, 0.2) is 0 Å². The van der Waals surface area contributed by atoms with Crippen molar-refractivity contribution in [3.63, 3.8) is 0 Å². The van der Waals surface area contributed by atoms with Gasteiger partial charge in [0.1, 0.15) is 5.82 Å². The first kappa shape index (κ1) is 23.8. The van der Waals surface area contributed by atoms with Crippen LogP contribution in [-0.4, -0.2) is 43.4 Å². The topological polar surface area (TPSA) is 61.4 Å². The third kappa shape index (κ3) is 5.58. The van der Waals surface area contributed by atoms with Crippen LogP contribution in [0.4, 0.5) is 10.1 Å². The van der Waals surface area contributed by atoms with Crippen molar-refractivity contribution in [3.05, 3.63) is 65.0 Å². The summed E-state index contributed by atoms with van der Waals surface area (Å²) in [7, 11) is 1.95. The molecule has 0 aliphatic carbocycles. The fraction of sp³-hybridized carbons (Fsp3) is 0.391. The second-order valence-electron chi connectivity index (χ2n) is 7.56. The van der Waals surface area contributed by atoms with E-state index in [-0.39, 0.29) is 23.9 Å². The third-order valence-electron chi connectivity index (χ3n) is 5.56. The van der Waals surface area contributed by atoms with Crippen LogP contribution >= 0.6 is 12.4 Å². The van der Waals surface area contributed by atoms with Gasteiger partial charge in [0.25, 0.3) is 11.8 Å². The molecule has 1 aliphatic rings. The lowest BCUT2D eigenvalue weighted by Gasteiger charge is -2.32. The minimum atomic E-state index is -0.588. The zero-order valence-electron chi connectivity index (χ0n) is 17.4. The second-order valence-corrected chi connectivity index (χ2v) is 7.56. The summed E-state index contributed by atoms with van der Waals surface area (Å²) in [6.07, 6.45) is 3.08. The monoisotopic (exact) mass is 433 g/mol. The number of nitrogens with zero attached hydrogens (tertiary/aromatic N) is 1. The van der Waals surface area contributed by atoms with Crippen molar-refractivity contribution in [2.45, 2.75) is 26.2 Å². The Morgan fingerprint density at radius 3 is 2.40 bits per heavy atom. The molecular formula is C23H29ClFN3O2. The summed E-state index contributed by atoms with van der Waals surface area (Å²) in [5, 5.41) is 5.93. The Labute approximate surface area is 183 Å². The first-order chi connectivity index (χ1) is 14.0. The minimum absolute atomic E-state index is 0. The van der Waals surface area contributed by atoms with Crippen molar-refractivity contribution in [1.29, 1.82) is 0 Å². The Kier molecular flexibility index (Phi) is 8.81. The molecular weight excluding hydrogens is 405 g/mol. The number of aryl methyl sites for hydroxylation is 1. The number of hydrogen-bond acceptors (Lipinski definition) is 3. The van der Waals surface area contributed by atoms with E-state index < -0.39 is 11.7 Å². The number of nitrogens with one attached hydrogen (secondary N) is 2. The number of benzene rings is 2. The van der Waals surface area contributed by atoms with Crippen LogP contribution in [0.25, 0.3) is 0 Å². The zero-order chi connectivity index (χ0) is 20.8. The van der Waals surface area contributed by atoms with Crippen molar-refractivity contribution in [2.75, 3.05) is 32.0 Å². The zero-order valence-corrected chi connectivity index (χ0v) is 18.2. The summed E-state index contributed by atoms with van der Waals surface area (Å²) in [5.41, 5.74) is 1.62. The van der Waals surface area contributed by atoms with Gasteiger partial charge < -0.3 is 15.5 Å². The van der Waals surface area contributed by atoms with Gasteiger partial charge in [-0.3, -0.25) is 9.59 Å². The largest absolute Gasteiger partial charge is 0.339 e. The van der Waals surface area contributed by atoms with Crippen LogP contribution in [0.1, 0.15) is 45.5 Å². The summed E-state index contributed by atoms with van der Waals surface area (Å²) in [6.45, 7) is 4.24. The SMILES string of the molecule is CNCCC1CCN(C(=O)c2cccc(C)c2NC(=O)c2ccccc2F)CC1.Cl. The van der Waals surface area contributed by atoms with E-state index in [1.54, 1.807) is 18.2 Å². The number of halogens is 2. The van der Waals surface area contributed by atoms with E-state index in [0.29, 0.717) is 30.3 Å². The summed E-state index contributed by atoms with van der Waals surface area (Å²) >= 11 is 0. The molecule has 2 amide bonds. The van der Waals surface area contributed by atoms with Gasteiger partial charge in [-0.1, -0.05) is 24.3 Å². The van der Waals surface area contributed by atoms with Crippen LogP contribution in [-0.2, 0) is 0 Å². The van der Waals surface area contributed by atoms with Gasteiger partial charge in [-0.15, -0.1) is 12.4 Å². The number of piperidine rings is 1. The molecule has 2 aromatic rings. The van der Waals surface area contributed by atoms with Gasteiger partial charge in [0.2, 0.25) is 0 Å². The maximum Gasteiger partial charge on any atom is 0.258 e. The van der Waals surface area contributed by atoms with Crippen LogP contribution in [0, 0.1) is 18.7 Å². The quantitative estimate of drug-likeness (QED) is 0.715. The highest BCUT2D eigenvalue weighted by Crippen LogP contribution is 2.26. The van der Waals surface area contributed by atoms with Gasteiger partial charge in [-0.25, -0.2) is 4.39 Å². The Morgan fingerprint density at radius 1 is 1.07 bits per heavy atom. The van der Waals surface area contributed by atoms with Gasteiger partial charge in [-0.2, -0.15) is 0 Å². The number of carbonyl (C=O) groups excluding carboxylic acids is 2. The molecule has 0 saturated carbocycles. The van der Waals surface area contributed by atoms with E-state index in [1.807, 2.05) is 24.9 Å². The Bertz CT molecular complexity index is 883. The van der Waals surface area contributed by atoms with Crippen molar-refractivity contribution in [2.24, 2.45) is 5.92 Å². The number of carbonyl (C=O) groups is 2. The molecule has 30 heavy (non-hydrogen) atoms. The van der Waals surface area contributed by atoms with Crippen LogP contribution in [0.5, 0.6) is 0 Å². The molecule has 1 saturated heterocycles. The average Bonchev–Trinajstić information content (AvgIpc) is 2.74. The molecule has 0 unspecified atom stereocenters. The number of para-hydroxylation sites is 1. The van der Waals surface area contributed by atoms with E-state index in [0.717, 1.165) is 31.4 Å². The molecule has 1 aliphatic heterocycles. The molecule has 3 rings (SSSR count). The van der Waals surface area contributed by atoms with E-state index in [4.69, 9.17) is 0 Å². The molecule has 7 heteroatoms.